The van der Waals surface area contributed by atoms with E-state index in [2.05, 4.69) is 19.9 Å². The van der Waals surface area contributed by atoms with Gasteiger partial charge in [-0.15, -0.1) is 0 Å². The zero-order valence-corrected chi connectivity index (χ0v) is 22.2. The number of aromatic amines is 1. The summed E-state index contributed by atoms with van der Waals surface area (Å²) >= 11 is 6.46. The van der Waals surface area contributed by atoms with Crippen LogP contribution >= 0.6 is 11.6 Å². The van der Waals surface area contributed by atoms with Gasteiger partial charge in [0.2, 0.25) is 5.91 Å². The Morgan fingerprint density at radius 1 is 1.05 bits per heavy atom. The minimum Gasteiger partial charge on any atom is -0.379 e. The van der Waals surface area contributed by atoms with Gasteiger partial charge >= 0.3 is 0 Å². The first-order chi connectivity index (χ1) is 19.2. The Morgan fingerprint density at radius 3 is 2.67 bits per heavy atom. The van der Waals surface area contributed by atoms with Gasteiger partial charge in [-0.3, -0.25) is 9.69 Å². The average Bonchev–Trinajstić information content (AvgIpc) is 3.65. The normalized spacial score (nSPS) is 14.9. The van der Waals surface area contributed by atoms with Crippen LogP contribution in [-0.4, -0.2) is 63.0 Å². The van der Waals surface area contributed by atoms with Crippen molar-refractivity contribution < 1.29 is 9.53 Å². The van der Waals surface area contributed by atoms with Crippen LogP contribution < -0.4 is 4.90 Å². The van der Waals surface area contributed by atoms with Crippen molar-refractivity contribution in [2.45, 2.75) is 12.5 Å². The van der Waals surface area contributed by atoms with Crippen molar-refractivity contribution in [2.24, 2.45) is 0 Å². The number of rotatable bonds is 8. The first-order valence-electron chi connectivity index (χ1n) is 13.0. The lowest BCUT2D eigenvalue weighted by Crippen LogP contribution is -2.45. The third kappa shape index (κ3) is 5.59. The number of anilines is 1. The summed E-state index contributed by atoms with van der Waals surface area (Å²) in [6.45, 7) is 3.63. The smallest absolute Gasteiger partial charge is 0.233 e. The molecule has 1 aliphatic rings. The van der Waals surface area contributed by atoms with E-state index in [4.69, 9.17) is 16.3 Å². The summed E-state index contributed by atoms with van der Waals surface area (Å²) in [4.78, 5) is 30.3. The second-order valence-corrected chi connectivity index (χ2v) is 10.1. The molecule has 1 fully saturated rings. The first kappa shape index (κ1) is 25.3. The number of fused-ring (bicyclic) bond motifs is 1. The summed E-state index contributed by atoms with van der Waals surface area (Å²) in [6, 6.07) is 21.4. The van der Waals surface area contributed by atoms with E-state index in [-0.39, 0.29) is 18.4 Å². The number of ether oxygens (including phenoxy) is 1. The van der Waals surface area contributed by atoms with Crippen molar-refractivity contribution in [2.75, 3.05) is 37.7 Å². The molecule has 4 heterocycles. The summed E-state index contributed by atoms with van der Waals surface area (Å²) < 4.78 is 7.56. The van der Waals surface area contributed by atoms with Crippen LogP contribution in [0.25, 0.3) is 16.9 Å². The summed E-state index contributed by atoms with van der Waals surface area (Å²) in [7, 11) is 0. The molecule has 9 heteroatoms. The Hall–Kier alpha value is -3.98. The molecule has 0 radical (unpaired) electrons. The topological polar surface area (TPSA) is 78.8 Å². The van der Waals surface area contributed by atoms with Crippen molar-refractivity contribution in [1.29, 1.82) is 0 Å². The maximum Gasteiger partial charge on any atom is 0.233 e. The number of amides is 1. The van der Waals surface area contributed by atoms with Crippen LogP contribution in [0.1, 0.15) is 17.3 Å². The summed E-state index contributed by atoms with van der Waals surface area (Å²) in [5.74, 6) is -0.0202. The number of H-pyrrole nitrogens is 1. The summed E-state index contributed by atoms with van der Waals surface area (Å²) in [6.07, 6.45) is 7.37. The van der Waals surface area contributed by atoms with Crippen LogP contribution in [0.5, 0.6) is 0 Å². The van der Waals surface area contributed by atoms with Gasteiger partial charge in [0.05, 0.1) is 49.6 Å². The predicted molar refractivity (Wildman–Crippen MR) is 152 cm³/mol. The van der Waals surface area contributed by atoms with Crippen molar-refractivity contribution in [1.82, 2.24) is 24.3 Å². The number of imidazole rings is 2. The Balaban J connectivity index is 1.41. The number of hydrogen-bond donors (Lipinski definition) is 1. The lowest BCUT2D eigenvalue weighted by atomic mass is 10.0. The Kier molecular flexibility index (Phi) is 7.40. The summed E-state index contributed by atoms with van der Waals surface area (Å²) in [5.41, 5.74) is 5.37. The fraction of sp³-hybridized carbons (Fsp3) is 0.233. The van der Waals surface area contributed by atoms with E-state index in [1.807, 2.05) is 82.2 Å². The molecule has 6 rings (SSSR count). The molecule has 2 aromatic carbocycles. The molecule has 198 valence electrons. The molecular weight excluding hydrogens is 512 g/mol. The van der Waals surface area contributed by atoms with Crippen LogP contribution in [0.4, 0.5) is 5.69 Å². The Morgan fingerprint density at radius 2 is 1.90 bits per heavy atom. The number of halogens is 1. The third-order valence-electron chi connectivity index (χ3n) is 7.13. The van der Waals surface area contributed by atoms with Crippen LogP contribution in [0.3, 0.4) is 0 Å². The zero-order valence-electron chi connectivity index (χ0n) is 21.4. The van der Waals surface area contributed by atoms with Gasteiger partial charge < -0.3 is 19.0 Å². The zero-order chi connectivity index (χ0) is 26.6. The van der Waals surface area contributed by atoms with E-state index in [1.165, 1.54) is 0 Å². The standard InChI is InChI=1S/C30H29ClN6O2/c31-24-5-3-4-23(16-24)28(20-35-12-14-39-15-13-35)37(25-9-7-22(8-10-25)27-19-32-21-34-27)30(38)17-26-18-33-29-6-1-2-11-36(26)29/h1-11,16,18-19,21,28H,12-15,17,20H2,(H,32,34). The van der Waals surface area contributed by atoms with E-state index < -0.39 is 0 Å². The van der Waals surface area contributed by atoms with Crippen molar-refractivity contribution in [3.05, 3.63) is 108 Å². The lowest BCUT2D eigenvalue weighted by Gasteiger charge is -2.37. The lowest BCUT2D eigenvalue weighted by molar-refractivity contribution is -0.118. The highest BCUT2D eigenvalue weighted by Gasteiger charge is 2.30. The number of pyridine rings is 1. The quantitative estimate of drug-likeness (QED) is 0.299. The Labute approximate surface area is 231 Å². The van der Waals surface area contributed by atoms with Gasteiger partial charge in [-0.1, -0.05) is 41.9 Å². The van der Waals surface area contributed by atoms with Crippen LogP contribution in [0.2, 0.25) is 5.02 Å². The molecule has 3 aromatic heterocycles. The molecule has 1 N–H and O–H groups in total. The monoisotopic (exact) mass is 540 g/mol. The van der Waals surface area contributed by atoms with Gasteiger partial charge in [0, 0.05) is 42.7 Å². The molecule has 39 heavy (non-hydrogen) atoms. The van der Waals surface area contributed by atoms with Crippen LogP contribution in [0, 0.1) is 0 Å². The SMILES string of the molecule is O=C(Cc1cnc2ccccn12)N(c1ccc(-c2cnc[nH]2)cc1)C(CN1CCOCC1)c1cccc(Cl)c1. The van der Waals surface area contributed by atoms with Crippen molar-refractivity contribution in [3.8, 4) is 11.3 Å². The number of hydrogen-bond acceptors (Lipinski definition) is 5. The molecule has 1 amide bonds. The number of aromatic nitrogens is 4. The molecule has 0 spiro atoms. The van der Waals surface area contributed by atoms with Gasteiger partial charge in [0.25, 0.3) is 0 Å². The molecule has 5 aromatic rings. The van der Waals surface area contributed by atoms with Gasteiger partial charge in [-0.05, 0) is 47.5 Å². The van der Waals surface area contributed by atoms with Crippen molar-refractivity contribution >= 4 is 28.8 Å². The number of morpholine rings is 1. The number of nitrogens with one attached hydrogen (secondary N) is 1. The van der Waals surface area contributed by atoms with E-state index in [0.717, 1.165) is 46.9 Å². The average molecular weight is 541 g/mol. The Bertz CT molecular complexity index is 1540. The molecule has 8 nitrogen and oxygen atoms in total. The molecule has 0 bridgehead atoms. The van der Waals surface area contributed by atoms with Crippen LogP contribution in [0.15, 0.2) is 91.6 Å². The van der Waals surface area contributed by atoms with Gasteiger partial charge in [-0.25, -0.2) is 9.97 Å². The summed E-state index contributed by atoms with van der Waals surface area (Å²) in [5, 5.41) is 0.642. The van der Waals surface area contributed by atoms with E-state index in [9.17, 15) is 4.79 Å². The van der Waals surface area contributed by atoms with Gasteiger partial charge in [0.1, 0.15) is 5.65 Å². The highest BCUT2D eigenvalue weighted by atomic mass is 35.5. The second kappa shape index (κ2) is 11.4. The van der Waals surface area contributed by atoms with Crippen LogP contribution in [-0.2, 0) is 16.0 Å². The highest BCUT2D eigenvalue weighted by molar-refractivity contribution is 6.30. The molecule has 0 aliphatic carbocycles. The second-order valence-electron chi connectivity index (χ2n) is 9.61. The highest BCUT2D eigenvalue weighted by Crippen LogP contribution is 2.32. The molecule has 1 unspecified atom stereocenters. The number of benzene rings is 2. The molecule has 1 saturated heterocycles. The van der Waals surface area contributed by atoms with E-state index in [1.54, 1.807) is 18.7 Å². The van der Waals surface area contributed by atoms with Gasteiger partial charge in [0.15, 0.2) is 0 Å². The maximum absolute atomic E-state index is 14.3. The number of nitrogens with zero attached hydrogens (tertiary/aromatic N) is 5. The van der Waals surface area contributed by atoms with Gasteiger partial charge in [-0.2, -0.15) is 0 Å². The fourth-order valence-corrected chi connectivity index (χ4v) is 5.35. The first-order valence-corrected chi connectivity index (χ1v) is 13.4. The molecule has 1 aliphatic heterocycles. The minimum absolute atomic E-state index is 0.0202. The van der Waals surface area contributed by atoms with Crippen molar-refractivity contribution in [3.63, 3.8) is 0 Å². The van der Waals surface area contributed by atoms with E-state index in [0.29, 0.717) is 24.8 Å². The minimum atomic E-state index is -0.258. The largest absolute Gasteiger partial charge is 0.379 e. The fourth-order valence-electron chi connectivity index (χ4n) is 5.15. The maximum atomic E-state index is 14.3. The molecule has 0 saturated carbocycles. The molecular formula is C30H29ClN6O2. The number of carbonyl (C=O) groups is 1. The number of carbonyl (C=O) groups excluding carboxylic acids is 1. The predicted octanol–water partition coefficient (Wildman–Crippen LogP) is 5.03. The third-order valence-corrected chi connectivity index (χ3v) is 7.36. The van der Waals surface area contributed by atoms with E-state index >= 15 is 0 Å². The molecule has 1 atom stereocenters.